The molecule has 0 unspecified atom stereocenters. The summed E-state index contributed by atoms with van der Waals surface area (Å²) >= 11 is 0. The minimum atomic E-state index is 0.952. The molecule has 0 aliphatic rings. The van der Waals surface area contributed by atoms with E-state index in [1.807, 2.05) is 6.08 Å². The smallest absolute Gasteiger partial charge is 0.00137 e. The first-order valence-electron chi connectivity index (χ1n) is 14.3. The van der Waals surface area contributed by atoms with Crippen molar-refractivity contribution in [1.82, 2.24) is 0 Å². The van der Waals surface area contributed by atoms with Crippen LogP contribution in [0, 0.1) is 0 Å². The Morgan fingerprint density at radius 3 is 1.67 bits per heavy atom. The van der Waals surface area contributed by atoms with Crippen LogP contribution < -0.4 is 0 Å². The quantitative estimate of drug-likeness (QED) is 0.147. The van der Waals surface area contributed by atoms with Crippen molar-refractivity contribution in [2.75, 3.05) is 0 Å². The molecule has 0 fully saturated rings. The molecular weight excluding hydrogens is 504 g/mol. The van der Waals surface area contributed by atoms with Gasteiger partial charge in [0.25, 0.3) is 0 Å². The van der Waals surface area contributed by atoms with Crippen molar-refractivity contribution in [3.05, 3.63) is 176 Å². The van der Waals surface area contributed by atoms with Crippen molar-refractivity contribution < 1.29 is 0 Å². The van der Waals surface area contributed by atoms with Gasteiger partial charge in [-0.25, -0.2) is 0 Å². The standard InChI is InChI=1S/C42H30/c1-3-4-16-29(2)34-25-15-26-35(30-17-7-5-8-18-30)41(34)42-37-24-14-13-23-36(37)40(31-19-9-6-10-20-31)38-27-32-21-11-12-22-33(32)28-39(38)42/h3-28H,1-2H2/b16-4-. The molecular formula is C42H30. The van der Waals surface area contributed by atoms with E-state index in [0.717, 1.165) is 11.1 Å². The second-order valence-corrected chi connectivity index (χ2v) is 10.6. The predicted octanol–water partition coefficient (Wildman–Crippen LogP) is 11.9. The first kappa shape index (κ1) is 25.5. The van der Waals surface area contributed by atoms with Crippen LogP contribution in [0.1, 0.15) is 5.56 Å². The molecule has 7 aromatic carbocycles. The molecule has 0 saturated carbocycles. The van der Waals surface area contributed by atoms with Crippen LogP contribution >= 0.6 is 0 Å². The van der Waals surface area contributed by atoms with Gasteiger partial charge in [-0.05, 0) is 89.0 Å². The number of fused-ring (bicyclic) bond motifs is 3. The summed E-state index contributed by atoms with van der Waals surface area (Å²) < 4.78 is 0. The highest BCUT2D eigenvalue weighted by molar-refractivity contribution is 6.25. The SMILES string of the molecule is C=C/C=C\C(=C)c1cccc(-c2ccccc2)c1-c1c2ccccc2c(-c2ccccc2)c2cc3ccccc3cc12. The molecule has 0 N–H and O–H groups in total. The normalized spacial score (nSPS) is 11.4. The molecule has 0 saturated heterocycles. The van der Waals surface area contributed by atoms with Crippen molar-refractivity contribution in [2.45, 2.75) is 0 Å². The molecule has 0 heterocycles. The second kappa shape index (κ2) is 10.8. The lowest BCUT2D eigenvalue weighted by molar-refractivity contribution is 1.57. The predicted molar refractivity (Wildman–Crippen MR) is 184 cm³/mol. The van der Waals surface area contributed by atoms with Crippen LogP contribution in [-0.2, 0) is 0 Å². The first-order chi connectivity index (χ1) is 20.7. The van der Waals surface area contributed by atoms with E-state index in [0.29, 0.717) is 0 Å². The molecule has 0 atom stereocenters. The fraction of sp³-hybridized carbons (Fsp3) is 0. The molecule has 0 spiro atoms. The third-order valence-electron chi connectivity index (χ3n) is 8.13. The molecule has 0 aliphatic heterocycles. The molecule has 0 heteroatoms. The van der Waals surface area contributed by atoms with E-state index >= 15 is 0 Å². The first-order valence-corrected chi connectivity index (χ1v) is 14.3. The number of rotatable bonds is 6. The molecule has 0 nitrogen and oxygen atoms in total. The second-order valence-electron chi connectivity index (χ2n) is 10.6. The van der Waals surface area contributed by atoms with Crippen LogP contribution in [0.3, 0.4) is 0 Å². The van der Waals surface area contributed by atoms with Gasteiger partial charge in [-0.15, -0.1) is 0 Å². The Balaban J connectivity index is 1.72. The number of allylic oxidation sites excluding steroid dienone is 4. The van der Waals surface area contributed by atoms with Crippen molar-refractivity contribution in [3.63, 3.8) is 0 Å². The molecule has 0 aromatic heterocycles. The van der Waals surface area contributed by atoms with Gasteiger partial charge in [0, 0.05) is 0 Å². The molecule has 7 aromatic rings. The monoisotopic (exact) mass is 534 g/mol. The maximum absolute atomic E-state index is 4.52. The average molecular weight is 535 g/mol. The number of benzene rings is 7. The Kier molecular flexibility index (Phi) is 6.58. The summed E-state index contributed by atoms with van der Waals surface area (Å²) in [5, 5.41) is 7.40. The number of hydrogen-bond acceptors (Lipinski definition) is 0. The van der Waals surface area contributed by atoms with Gasteiger partial charge in [-0.2, -0.15) is 0 Å². The van der Waals surface area contributed by atoms with Crippen molar-refractivity contribution in [3.8, 4) is 33.4 Å². The highest BCUT2D eigenvalue weighted by atomic mass is 14.2. The zero-order valence-electron chi connectivity index (χ0n) is 23.4. The van der Waals surface area contributed by atoms with E-state index in [2.05, 4.69) is 159 Å². The minimum Gasteiger partial charge on any atom is -0.0991 e. The van der Waals surface area contributed by atoms with Crippen LogP contribution in [-0.4, -0.2) is 0 Å². The Labute approximate surface area is 247 Å². The zero-order valence-corrected chi connectivity index (χ0v) is 23.4. The van der Waals surface area contributed by atoms with Crippen molar-refractivity contribution in [2.24, 2.45) is 0 Å². The summed E-state index contributed by atoms with van der Waals surface area (Å²) in [5.74, 6) is 0. The van der Waals surface area contributed by atoms with Gasteiger partial charge in [0.05, 0.1) is 0 Å². The maximum atomic E-state index is 4.52. The van der Waals surface area contributed by atoms with Gasteiger partial charge >= 0.3 is 0 Å². The van der Waals surface area contributed by atoms with Crippen molar-refractivity contribution in [1.29, 1.82) is 0 Å². The fourth-order valence-corrected chi connectivity index (χ4v) is 6.27. The third kappa shape index (κ3) is 4.35. The average Bonchev–Trinajstić information content (AvgIpc) is 3.05. The van der Waals surface area contributed by atoms with Gasteiger partial charge in [0.2, 0.25) is 0 Å². The van der Waals surface area contributed by atoms with Crippen molar-refractivity contribution >= 4 is 37.9 Å². The van der Waals surface area contributed by atoms with E-state index in [9.17, 15) is 0 Å². The summed E-state index contributed by atoms with van der Waals surface area (Å²) in [6.07, 6.45) is 5.82. The van der Waals surface area contributed by atoms with Crippen LogP contribution in [0.25, 0.3) is 71.3 Å². The number of hydrogen-bond donors (Lipinski definition) is 0. The summed E-state index contributed by atoms with van der Waals surface area (Å²) in [4.78, 5) is 0. The zero-order chi connectivity index (χ0) is 28.5. The van der Waals surface area contributed by atoms with Gasteiger partial charge < -0.3 is 0 Å². The Morgan fingerprint density at radius 1 is 0.476 bits per heavy atom. The largest absolute Gasteiger partial charge is 0.0991 e. The van der Waals surface area contributed by atoms with Gasteiger partial charge in [0.1, 0.15) is 0 Å². The third-order valence-corrected chi connectivity index (χ3v) is 8.13. The maximum Gasteiger partial charge on any atom is -0.00137 e. The molecule has 0 radical (unpaired) electrons. The lowest BCUT2D eigenvalue weighted by Crippen LogP contribution is -1.96. The van der Waals surface area contributed by atoms with Crippen LogP contribution in [0.2, 0.25) is 0 Å². The summed E-state index contributed by atoms with van der Waals surface area (Å²) in [5.41, 5.74) is 9.34. The summed E-state index contributed by atoms with van der Waals surface area (Å²) in [6.45, 7) is 8.42. The topological polar surface area (TPSA) is 0 Å². The Morgan fingerprint density at radius 2 is 1.02 bits per heavy atom. The molecule has 0 aliphatic carbocycles. The van der Waals surface area contributed by atoms with Gasteiger partial charge in [0.15, 0.2) is 0 Å². The van der Waals surface area contributed by atoms with Crippen LogP contribution in [0.4, 0.5) is 0 Å². The van der Waals surface area contributed by atoms with Gasteiger partial charge in [-0.3, -0.25) is 0 Å². The fourth-order valence-electron chi connectivity index (χ4n) is 6.27. The summed E-state index contributed by atoms with van der Waals surface area (Å²) in [6, 6.07) is 50.4. The van der Waals surface area contributed by atoms with E-state index in [1.54, 1.807) is 6.08 Å². The van der Waals surface area contributed by atoms with E-state index < -0.39 is 0 Å². The van der Waals surface area contributed by atoms with E-state index in [-0.39, 0.29) is 0 Å². The highest BCUT2D eigenvalue weighted by Crippen LogP contribution is 2.49. The molecule has 42 heavy (non-hydrogen) atoms. The molecule has 198 valence electrons. The Bertz CT molecular complexity index is 2140. The van der Waals surface area contributed by atoms with E-state index in [4.69, 9.17) is 0 Å². The molecule has 0 bridgehead atoms. The lowest BCUT2D eigenvalue weighted by atomic mass is 9.80. The highest BCUT2D eigenvalue weighted by Gasteiger charge is 2.22. The molecule has 7 rings (SSSR count). The van der Waals surface area contributed by atoms with Gasteiger partial charge in [-0.1, -0.05) is 159 Å². The minimum absolute atomic E-state index is 0.952. The van der Waals surface area contributed by atoms with Crippen LogP contribution in [0.15, 0.2) is 171 Å². The Hall–Kier alpha value is -5.46. The lowest BCUT2D eigenvalue weighted by Gasteiger charge is -2.23. The molecule has 0 amide bonds. The van der Waals surface area contributed by atoms with E-state index in [1.165, 1.54) is 65.7 Å². The van der Waals surface area contributed by atoms with Crippen LogP contribution in [0.5, 0.6) is 0 Å². The summed E-state index contributed by atoms with van der Waals surface area (Å²) in [7, 11) is 0.